The number of benzene rings is 3. The Balaban J connectivity index is 1.29. The van der Waals surface area contributed by atoms with Crippen LogP contribution in [0.2, 0.25) is 0 Å². The Kier molecular flexibility index (Phi) is 10.5. The molecule has 0 unspecified atom stereocenters. The Morgan fingerprint density at radius 3 is 2.23 bits per heavy atom. The Morgan fingerprint density at radius 2 is 1.62 bits per heavy atom. The fraction of sp³-hybridized carbons (Fsp3) is 0.286. The first-order chi connectivity index (χ1) is 24.4. The van der Waals surface area contributed by atoms with Crippen molar-refractivity contribution in [1.82, 2.24) is 19.8 Å². The van der Waals surface area contributed by atoms with Crippen molar-refractivity contribution in [2.45, 2.75) is 56.7 Å². The van der Waals surface area contributed by atoms with E-state index in [0.29, 0.717) is 42.0 Å². The highest BCUT2D eigenvalue weighted by Crippen LogP contribution is 2.24. The van der Waals surface area contributed by atoms with Gasteiger partial charge in [0.1, 0.15) is 17.7 Å². The number of nitrogens with one attached hydrogen (secondary N) is 3. The summed E-state index contributed by atoms with van der Waals surface area (Å²) in [6.07, 6.45) is 0.0964. The van der Waals surface area contributed by atoms with Crippen LogP contribution in [0.1, 0.15) is 58.3 Å². The van der Waals surface area contributed by atoms with Crippen LogP contribution in [0.5, 0.6) is 0 Å². The van der Waals surface area contributed by atoms with Gasteiger partial charge in [-0.2, -0.15) is 0 Å². The van der Waals surface area contributed by atoms with Crippen molar-refractivity contribution in [3.8, 4) is 5.69 Å². The van der Waals surface area contributed by atoms with Gasteiger partial charge in [0.2, 0.25) is 0 Å². The van der Waals surface area contributed by atoms with Crippen LogP contribution in [0.15, 0.2) is 75.1 Å². The average molecular weight is 740 g/mol. The Labute approximate surface area is 296 Å². The molecule has 1 aliphatic heterocycles. The molecule has 274 valence electrons. The van der Waals surface area contributed by atoms with Gasteiger partial charge in [-0.3, -0.25) is 23.7 Å². The molecule has 0 radical (unpaired) electrons. The molecular formula is C35H35F2N5O9S. The van der Waals surface area contributed by atoms with Crippen LogP contribution < -0.4 is 26.6 Å². The molecule has 2 heterocycles. The number of anilines is 1. The molecule has 1 aromatic heterocycles. The number of amides is 2. The summed E-state index contributed by atoms with van der Waals surface area (Å²) < 4.78 is 65.6. The van der Waals surface area contributed by atoms with E-state index in [1.165, 1.54) is 41.0 Å². The average Bonchev–Trinajstić information content (AvgIpc) is 3.08. The number of rotatable bonds is 10. The topological polar surface area (TPSA) is 195 Å². The van der Waals surface area contributed by atoms with E-state index in [1.54, 1.807) is 27.8 Å². The number of carbonyl (C=O) groups is 3. The number of nitrogens with zero attached hydrogens (tertiary/aromatic N) is 2. The number of aliphatic carboxylic acids is 1. The molecule has 17 heteroatoms. The molecule has 52 heavy (non-hydrogen) atoms. The first kappa shape index (κ1) is 37.6. The van der Waals surface area contributed by atoms with E-state index >= 15 is 8.78 Å². The summed E-state index contributed by atoms with van der Waals surface area (Å²) in [5.41, 5.74) is -1.66. The third kappa shape index (κ3) is 8.10. The minimum atomic E-state index is -4.47. The van der Waals surface area contributed by atoms with Gasteiger partial charge in [-0.1, -0.05) is 12.1 Å². The second kappa shape index (κ2) is 14.5. The number of halogens is 2. The van der Waals surface area contributed by atoms with E-state index < -0.39 is 73.5 Å². The molecule has 0 fully saturated rings. The quantitative estimate of drug-likeness (QED) is 0.189. The molecule has 1 aliphatic rings. The lowest BCUT2D eigenvalue weighted by molar-refractivity contribution is -0.139. The van der Waals surface area contributed by atoms with Crippen molar-refractivity contribution in [1.29, 1.82) is 0 Å². The molecule has 0 saturated heterocycles. The smallest absolute Gasteiger partial charge is 0.335 e. The van der Waals surface area contributed by atoms with Gasteiger partial charge >= 0.3 is 11.7 Å². The predicted octanol–water partition coefficient (Wildman–Crippen LogP) is 2.64. The molecule has 0 aliphatic carbocycles. The molecule has 5 rings (SSSR count). The second-order valence-electron chi connectivity index (χ2n) is 13.1. The monoisotopic (exact) mass is 739 g/mol. The maximum atomic E-state index is 15.1. The predicted molar refractivity (Wildman–Crippen MR) is 184 cm³/mol. The number of fused-ring (bicyclic) bond motifs is 1. The zero-order chi connectivity index (χ0) is 38.1. The van der Waals surface area contributed by atoms with E-state index in [9.17, 15) is 37.5 Å². The van der Waals surface area contributed by atoms with Gasteiger partial charge in [-0.05, 0) is 68.8 Å². The Morgan fingerprint density at radius 1 is 0.962 bits per heavy atom. The van der Waals surface area contributed by atoms with E-state index in [4.69, 9.17) is 4.74 Å². The number of carbonyl (C=O) groups excluding carboxylic acids is 2. The largest absolute Gasteiger partial charge is 0.480 e. The zero-order valence-corrected chi connectivity index (χ0v) is 29.3. The van der Waals surface area contributed by atoms with E-state index in [-0.39, 0.29) is 29.2 Å². The molecular weight excluding hydrogens is 704 g/mol. The lowest BCUT2D eigenvalue weighted by atomic mass is 10.0. The van der Waals surface area contributed by atoms with E-state index in [0.717, 1.165) is 16.7 Å². The van der Waals surface area contributed by atoms with Gasteiger partial charge in [0, 0.05) is 42.8 Å². The SMILES string of the molecule is Cn1c2c(c(=O)n(-c3ccc(C[C@H](NC(=O)c4cc(F)c(NS(=O)(=O)c5ccc(C(=O)NC(C)(C)C)cc5)cc4F)C(=O)O)cc3)c1=O)COCC2. The minimum absolute atomic E-state index is 0.0536. The van der Waals surface area contributed by atoms with Crippen molar-refractivity contribution in [2.24, 2.45) is 7.05 Å². The highest BCUT2D eigenvalue weighted by atomic mass is 32.2. The maximum absolute atomic E-state index is 15.1. The molecule has 1 atom stereocenters. The van der Waals surface area contributed by atoms with E-state index in [2.05, 4.69) is 10.6 Å². The van der Waals surface area contributed by atoms with Gasteiger partial charge < -0.3 is 20.5 Å². The number of carboxylic acids is 1. The van der Waals surface area contributed by atoms with Gasteiger partial charge in [-0.15, -0.1) is 0 Å². The van der Waals surface area contributed by atoms with E-state index in [1.807, 2.05) is 4.72 Å². The fourth-order valence-electron chi connectivity index (χ4n) is 5.50. The van der Waals surface area contributed by atoms with Crippen LogP contribution in [0.25, 0.3) is 5.69 Å². The normalized spacial score (nSPS) is 13.5. The van der Waals surface area contributed by atoms with Crippen LogP contribution in [-0.4, -0.2) is 58.6 Å². The zero-order valence-electron chi connectivity index (χ0n) is 28.5. The van der Waals surface area contributed by atoms with Crippen LogP contribution in [0.4, 0.5) is 14.5 Å². The lowest BCUT2D eigenvalue weighted by Crippen LogP contribution is -2.43. The highest BCUT2D eigenvalue weighted by Gasteiger charge is 2.26. The summed E-state index contributed by atoms with van der Waals surface area (Å²) in [6, 6.07) is 9.75. The number of aromatic nitrogens is 2. The summed E-state index contributed by atoms with van der Waals surface area (Å²) in [5.74, 6) is -5.90. The Hall–Kier alpha value is -5.68. The number of ether oxygens (including phenoxy) is 1. The fourth-order valence-corrected chi connectivity index (χ4v) is 6.56. The van der Waals surface area contributed by atoms with Crippen LogP contribution in [0, 0.1) is 11.6 Å². The van der Waals surface area contributed by atoms with Crippen molar-refractivity contribution >= 4 is 33.5 Å². The number of hydrogen-bond acceptors (Lipinski definition) is 8. The van der Waals surface area contributed by atoms with Gasteiger partial charge in [-0.25, -0.2) is 31.4 Å². The van der Waals surface area contributed by atoms with Crippen molar-refractivity contribution in [3.63, 3.8) is 0 Å². The molecule has 14 nitrogen and oxygen atoms in total. The minimum Gasteiger partial charge on any atom is -0.480 e. The summed E-state index contributed by atoms with van der Waals surface area (Å²) >= 11 is 0. The van der Waals surface area contributed by atoms with Crippen LogP contribution >= 0.6 is 0 Å². The van der Waals surface area contributed by atoms with Crippen LogP contribution in [0.3, 0.4) is 0 Å². The first-order valence-electron chi connectivity index (χ1n) is 15.9. The third-order valence-electron chi connectivity index (χ3n) is 8.12. The number of sulfonamides is 1. The summed E-state index contributed by atoms with van der Waals surface area (Å²) in [6.45, 7) is 5.74. The maximum Gasteiger partial charge on any atom is 0.335 e. The lowest BCUT2D eigenvalue weighted by Gasteiger charge is -2.20. The summed E-state index contributed by atoms with van der Waals surface area (Å²) in [5, 5.41) is 14.7. The second-order valence-corrected chi connectivity index (χ2v) is 14.8. The molecule has 2 amide bonds. The van der Waals surface area contributed by atoms with Crippen molar-refractivity contribution < 1.29 is 41.4 Å². The van der Waals surface area contributed by atoms with Gasteiger partial charge in [0.05, 0.1) is 40.6 Å². The number of carboxylic acid groups (broad SMARTS) is 1. The van der Waals surface area contributed by atoms with Crippen molar-refractivity contribution in [3.05, 3.63) is 121 Å². The summed E-state index contributed by atoms with van der Waals surface area (Å²) in [7, 11) is -2.92. The summed E-state index contributed by atoms with van der Waals surface area (Å²) in [4.78, 5) is 63.1. The number of hydrogen-bond donors (Lipinski definition) is 4. The first-order valence-corrected chi connectivity index (χ1v) is 17.3. The highest BCUT2D eigenvalue weighted by molar-refractivity contribution is 7.92. The third-order valence-corrected chi connectivity index (χ3v) is 9.50. The molecule has 3 aromatic carbocycles. The Bertz CT molecular complexity index is 2300. The molecule has 0 saturated carbocycles. The molecule has 0 bridgehead atoms. The van der Waals surface area contributed by atoms with Crippen LogP contribution in [-0.2, 0) is 46.1 Å². The molecule has 4 N–H and O–H groups in total. The molecule has 4 aromatic rings. The van der Waals surface area contributed by atoms with Crippen molar-refractivity contribution in [2.75, 3.05) is 11.3 Å². The molecule has 0 spiro atoms. The standard InChI is InChI=1S/C35H35F2N5O9S/c1-35(2,3)39-30(43)20-7-11-22(12-8-20)52(49,50)40-27-17-25(36)23(16-26(27)37)31(44)38-28(33(46)47)15-19-5-9-21(10-6-19)42-32(45)24-18-51-14-13-29(24)41(4)34(42)48/h5-12,16-17,28,40H,13-15,18H2,1-4H3,(H,38,44)(H,39,43)(H,46,47)/t28-/m0/s1. The van der Waals surface area contributed by atoms with Gasteiger partial charge in [0.25, 0.3) is 27.4 Å². The van der Waals surface area contributed by atoms with Gasteiger partial charge in [0.15, 0.2) is 0 Å².